The van der Waals surface area contributed by atoms with Crippen molar-refractivity contribution < 1.29 is 8.42 Å². The van der Waals surface area contributed by atoms with Crippen LogP contribution in [0.1, 0.15) is 32.6 Å². The first kappa shape index (κ1) is 11.1. The van der Waals surface area contributed by atoms with Crippen LogP contribution in [0.5, 0.6) is 0 Å². The van der Waals surface area contributed by atoms with Crippen LogP contribution in [0.2, 0.25) is 0 Å². The summed E-state index contributed by atoms with van der Waals surface area (Å²) in [4.78, 5) is 1.05. The molecule has 1 aliphatic heterocycles. The highest BCUT2D eigenvalue weighted by atomic mass is 32.2. The van der Waals surface area contributed by atoms with Gasteiger partial charge in [-0.25, -0.2) is 8.42 Å². The molecular weight excluding hydrogens is 204 g/mol. The lowest BCUT2D eigenvalue weighted by molar-refractivity contribution is 0.606. The van der Waals surface area contributed by atoms with Crippen LogP contribution in [0.15, 0.2) is 10.3 Å². The molecule has 0 spiro atoms. The first-order chi connectivity index (χ1) is 6.14. The van der Waals surface area contributed by atoms with Crippen LogP contribution in [-0.4, -0.2) is 19.9 Å². The Bertz CT molecular complexity index is 278. The minimum Gasteiger partial charge on any atom is -0.224 e. The summed E-state index contributed by atoms with van der Waals surface area (Å²) in [5.74, 6) is 1.39. The molecule has 2 nitrogen and oxygen atoms in total. The molecule has 0 saturated carbocycles. The number of sulfone groups is 1. The van der Waals surface area contributed by atoms with Crippen molar-refractivity contribution in [2.75, 3.05) is 11.5 Å². The predicted molar refractivity (Wildman–Crippen MR) is 58.5 cm³/mol. The monoisotopic (exact) mass is 220 g/mol. The van der Waals surface area contributed by atoms with Gasteiger partial charge in [0.05, 0.1) is 5.75 Å². The van der Waals surface area contributed by atoms with Gasteiger partial charge >= 0.3 is 0 Å². The molecule has 0 N–H and O–H groups in total. The molecule has 1 heterocycles. The fourth-order valence-corrected chi connectivity index (χ4v) is 4.06. The average Bonchev–Trinajstić information content (AvgIpc) is 2.40. The Morgan fingerprint density at radius 2 is 2.23 bits per heavy atom. The zero-order chi connectivity index (χ0) is 9.73. The maximum Gasteiger partial charge on any atom is 0.172 e. The first-order valence-corrected chi connectivity index (χ1v) is 7.40. The van der Waals surface area contributed by atoms with Crippen LogP contribution in [0, 0.1) is 0 Å². The van der Waals surface area contributed by atoms with Gasteiger partial charge in [0.15, 0.2) is 9.84 Å². The first-order valence-electron chi connectivity index (χ1n) is 4.70. The molecule has 4 heteroatoms. The maximum absolute atomic E-state index is 11.0. The Hall–Kier alpha value is 0.0400. The molecule has 0 aromatic rings. The van der Waals surface area contributed by atoms with Crippen molar-refractivity contribution in [3.8, 4) is 0 Å². The molecule has 0 aliphatic carbocycles. The van der Waals surface area contributed by atoms with Crippen molar-refractivity contribution in [1.82, 2.24) is 0 Å². The van der Waals surface area contributed by atoms with E-state index in [1.165, 1.54) is 24.7 Å². The van der Waals surface area contributed by atoms with E-state index < -0.39 is 9.84 Å². The zero-order valence-corrected chi connectivity index (χ0v) is 9.59. The van der Waals surface area contributed by atoms with Crippen molar-refractivity contribution >= 4 is 21.6 Å². The summed E-state index contributed by atoms with van der Waals surface area (Å²) in [7, 11) is -2.82. The van der Waals surface area contributed by atoms with Gasteiger partial charge < -0.3 is 0 Å². The molecule has 0 atom stereocenters. The van der Waals surface area contributed by atoms with E-state index in [2.05, 4.69) is 6.92 Å². The molecule has 76 valence electrons. The van der Waals surface area contributed by atoms with Crippen LogP contribution < -0.4 is 0 Å². The lowest BCUT2D eigenvalue weighted by Crippen LogP contribution is -1.92. The van der Waals surface area contributed by atoms with Gasteiger partial charge in [-0.3, -0.25) is 0 Å². The summed E-state index contributed by atoms with van der Waals surface area (Å²) in [6.07, 6.45) is 4.39. The Morgan fingerprint density at radius 1 is 1.46 bits per heavy atom. The second-order valence-electron chi connectivity index (χ2n) is 3.26. The van der Waals surface area contributed by atoms with E-state index >= 15 is 0 Å². The zero-order valence-electron chi connectivity index (χ0n) is 7.95. The van der Waals surface area contributed by atoms with Gasteiger partial charge in [-0.1, -0.05) is 19.8 Å². The summed E-state index contributed by atoms with van der Waals surface area (Å²) in [5.41, 5.74) is 0. The highest BCUT2D eigenvalue weighted by Gasteiger charge is 2.17. The van der Waals surface area contributed by atoms with Crippen LogP contribution in [-0.2, 0) is 9.84 Å². The van der Waals surface area contributed by atoms with Crippen molar-refractivity contribution in [2.45, 2.75) is 32.6 Å². The average molecular weight is 220 g/mol. The number of hydrogen-bond acceptors (Lipinski definition) is 3. The topological polar surface area (TPSA) is 34.1 Å². The Labute approximate surface area is 84.7 Å². The van der Waals surface area contributed by atoms with Gasteiger partial charge in [0.2, 0.25) is 0 Å². The second kappa shape index (κ2) is 5.05. The summed E-state index contributed by atoms with van der Waals surface area (Å²) in [6, 6.07) is 0. The van der Waals surface area contributed by atoms with E-state index in [9.17, 15) is 8.42 Å². The largest absolute Gasteiger partial charge is 0.224 e. The Morgan fingerprint density at radius 3 is 2.77 bits per heavy atom. The molecule has 0 radical (unpaired) electrons. The number of rotatable bonds is 5. The minimum absolute atomic E-state index is 0.323. The third-order valence-corrected chi connectivity index (χ3v) is 4.73. The van der Waals surface area contributed by atoms with Gasteiger partial charge in [-0.15, -0.1) is 11.8 Å². The van der Waals surface area contributed by atoms with E-state index in [-0.39, 0.29) is 0 Å². The second-order valence-corrected chi connectivity index (χ2v) is 6.45. The number of hydrogen-bond donors (Lipinski definition) is 0. The molecule has 1 aliphatic rings. The van der Waals surface area contributed by atoms with Crippen molar-refractivity contribution in [3.63, 3.8) is 0 Å². The SMILES string of the molecule is CCCCCSC1=CS(=O)(=O)CC1. The van der Waals surface area contributed by atoms with Crippen molar-refractivity contribution in [1.29, 1.82) is 0 Å². The third kappa shape index (κ3) is 4.18. The van der Waals surface area contributed by atoms with Crippen LogP contribution in [0.4, 0.5) is 0 Å². The number of allylic oxidation sites excluding steroid dienone is 1. The van der Waals surface area contributed by atoms with Gasteiger partial charge in [0, 0.05) is 5.41 Å². The quantitative estimate of drug-likeness (QED) is 0.668. The van der Waals surface area contributed by atoms with Crippen molar-refractivity contribution in [3.05, 3.63) is 10.3 Å². The molecule has 0 aromatic heterocycles. The fourth-order valence-electron chi connectivity index (χ4n) is 1.22. The highest BCUT2D eigenvalue weighted by Crippen LogP contribution is 2.28. The summed E-state index contributed by atoms with van der Waals surface area (Å²) in [5, 5.41) is 1.45. The molecule has 0 bridgehead atoms. The lowest BCUT2D eigenvalue weighted by Gasteiger charge is -1.98. The molecule has 0 saturated heterocycles. The number of thioether (sulfide) groups is 1. The number of unbranched alkanes of at least 4 members (excludes halogenated alkanes) is 2. The molecule has 13 heavy (non-hydrogen) atoms. The Kier molecular flexibility index (Phi) is 4.32. The van der Waals surface area contributed by atoms with Crippen LogP contribution in [0.25, 0.3) is 0 Å². The van der Waals surface area contributed by atoms with Gasteiger partial charge in [-0.2, -0.15) is 0 Å². The van der Waals surface area contributed by atoms with Crippen LogP contribution >= 0.6 is 11.8 Å². The summed E-state index contributed by atoms with van der Waals surface area (Å²) < 4.78 is 22.1. The molecule has 0 fully saturated rings. The van der Waals surface area contributed by atoms with E-state index in [0.717, 1.165) is 17.1 Å². The van der Waals surface area contributed by atoms with E-state index in [1.807, 2.05) is 0 Å². The van der Waals surface area contributed by atoms with Gasteiger partial charge in [0.1, 0.15) is 0 Å². The molecule has 0 amide bonds. The normalized spacial score (nSPS) is 20.2. The maximum atomic E-state index is 11.0. The fraction of sp³-hybridized carbons (Fsp3) is 0.778. The van der Waals surface area contributed by atoms with Gasteiger partial charge in [0.25, 0.3) is 0 Å². The van der Waals surface area contributed by atoms with Gasteiger partial charge in [-0.05, 0) is 23.5 Å². The molecule has 0 unspecified atom stereocenters. The molecule has 0 aromatic carbocycles. The standard InChI is InChI=1S/C9H16O2S2/c1-2-3-4-6-12-9-5-7-13(10,11)8-9/h8H,2-7H2,1H3. The Balaban J connectivity index is 2.24. The van der Waals surface area contributed by atoms with E-state index in [4.69, 9.17) is 0 Å². The lowest BCUT2D eigenvalue weighted by atomic mass is 10.3. The summed E-state index contributed by atoms with van der Waals surface area (Å²) in [6.45, 7) is 2.17. The van der Waals surface area contributed by atoms with Crippen molar-refractivity contribution in [2.24, 2.45) is 0 Å². The third-order valence-electron chi connectivity index (χ3n) is 1.98. The van der Waals surface area contributed by atoms with Crippen LogP contribution in [0.3, 0.4) is 0 Å². The minimum atomic E-state index is -2.82. The highest BCUT2D eigenvalue weighted by molar-refractivity contribution is 8.04. The predicted octanol–water partition coefficient (Wildman–Crippen LogP) is 2.57. The summed E-state index contributed by atoms with van der Waals surface area (Å²) >= 11 is 1.71. The molecular formula is C9H16O2S2. The smallest absolute Gasteiger partial charge is 0.172 e. The van der Waals surface area contributed by atoms with E-state index in [0.29, 0.717) is 5.75 Å². The van der Waals surface area contributed by atoms with E-state index in [1.54, 1.807) is 11.8 Å². The molecule has 1 rings (SSSR count).